The Labute approximate surface area is 119 Å². The molecule has 0 aromatic heterocycles. The van der Waals surface area contributed by atoms with E-state index in [-0.39, 0.29) is 0 Å². The number of nitrogens with one attached hydrogen (secondary N) is 1. The third kappa shape index (κ3) is 6.06. The Morgan fingerprint density at radius 2 is 2.15 bits per heavy atom. The Kier molecular flexibility index (Phi) is 5.56. The molecule has 6 nitrogen and oxygen atoms in total. The summed E-state index contributed by atoms with van der Waals surface area (Å²) in [6.45, 7) is 6.92. The topological polar surface area (TPSA) is 78.9 Å². The molecule has 0 radical (unpaired) electrons. The number of carboxylic acids is 1. The standard InChI is InChI=1S/C14H24N2O4/c1-14(2,3)20-13(19)15-11(12(17)18)8-10-6-5-7-16(4)9-10/h6,11H,5,7-9H2,1-4H3,(H,15,19)(H,17,18). The van der Waals surface area contributed by atoms with Crippen molar-refractivity contribution in [2.24, 2.45) is 0 Å². The summed E-state index contributed by atoms with van der Waals surface area (Å²) in [5.74, 6) is -1.05. The highest BCUT2D eigenvalue weighted by molar-refractivity contribution is 5.80. The number of amides is 1. The smallest absolute Gasteiger partial charge is 0.408 e. The summed E-state index contributed by atoms with van der Waals surface area (Å²) in [4.78, 5) is 25.0. The highest BCUT2D eigenvalue weighted by Gasteiger charge is 2.25. The number of carboxylic acid groups (broad SMARTS) is 1. The molecule has 1 heterocycles. The Morgan fingerprint density at radius 1 is 1.50 bits per heavy atom. The fourth-order valence-electron chi connectivity index (χ4n) is 2.04. The minimum Gasteiger partial charge on any atom is -0.480 e. The summed E-state index contributed by atoms with van der Waals surface area (Å²) in [5, 5.41) is 11.6. The van der Waals surface area contributed by atoms with Crippen molar-refractivity contribution in [1.82, 2.24) is 10.2 Å². The summed E-state index contributed by atoms with van der Waals surface area (Å²) in [6.07, 6.45) is 2.56. The van der Waals surface area contributed by atoms with Gasteiger partial charge in [-0.2, -0.15) is 0 Å². The summed E-state index contributed by atoms with van der Waals surface area (Å²) in [5.41, 5.74) is 0.388. The van der Waals surface area contributed by atoms with Crippen molar-refractivity contribution in [2.45, 2.75) is 45.3 Å². The van der Waals surface area contributed by atoms with Gasteiger partial charge in [0.2, 0.25) is 0 Å². The van der Waals surface area contributed by atoms with E-state index in [4.69, 9.17) is 4.74 Å². The number of likely N-dealkylation sites (N-methyl/N-ethyl adjacent to an activating group) is 1. The van der Waals surface area contributed by atoms with Gasteiger partial charge in [-0.15, -0.1) is 0 Å². The van der Waals surface area contributed by atoms with Crippen molar-refractivity contribution in [1.29, 1.82) is 0 Å². The molecule has 1 unspecified atom stereocenters. The first-order valence-corrected chi connectivity index (χ1v) is 6.76. The monoisotopic (exact) mass is 284 g/mol. The largest absolute Gasteiger partial charge is 0.480 e. The lowest BCUT2D eigenvalue weighted by Gasteiger charge is -2.26. The highest BCUT2D eigenvalue weighted by atomic mass is 16.6. The zero-order valence-electron chi connectivity index (χ0n) is 12.6. The van der Waals surface area contributed by atoms with Crippen molar-refractivity contribution in [2.75, 3.05) is 20.1 Å². The lowest BCUT2D eigenvalue weighted by molar-refractivity contribution is -0.139. The summed E-state index contributed by atoms with van der Waals surface area (Å²) in [6, 6.07) is -0.956. The molecule has 0 saturated heterocycles. The van der Waals surface area contributed by atoms with Gasteiger partial charge in [0.1, 0.15) is 11.6 Å². The van der Waals surface area contributed by atoms with Gasteiger partial charge in [-0.05, 0) is 34.2 Å². The molecule has 1 amide bonds. The molecule has 20 heavy (non-hydrogen) atoms. The van der Waals surface area contributed by atoms with Crippen LogP contribution in [0.4, 0.5) is 4.79 Å². The minimum atomic E-state index is -1.05. The molecular formula is C14H24N2O4. The van der Waals surface area contributed by atoms with Crippen LogP contribution in [-0.4, -0.2) is 53.8 Å². The van der Waals surface area contributed by atoms with E-state index in [0.29, 0.717) is 6.42 Å². The fourth-order valence-corrected chi connectivity index (χ4v) is 2.04. The van der Waals surface area contributed by atoms with E-state index in [0.717, 1.165) is 25.1 Å². The normalized spacial score (nSPS) is 18.1. The number of rotatable bonds is 4. The molecule has 1 aliphatic rings. The number of ether oxygens (including phenoxy) is 1. The van der Waals surface area contributed by atoms with Gasteiger partial charge < -0.3 is 20.1 Å². The third-order valence-electron chi connectivity index (χ3n) is 2.87. The van der Waals surface area contributed by atoms with Gasteiger partial charge in [0.25, 0.3) is 0 Å². The van der Waals surface area contributed by atoms with Crippen molar-refractivity contribution in [3.8, 4) is 0 Å². The van der Waals surface area contributed by atoms with Crippen LogP contribution in [0, 0.1) is 0 Å². The lowest BCUT2D eigenvalue weighted by atomic mass is 10.0. The number of carbonyl (C=O) groups excluding carboxylic acids is 1. The van der Waals surface area contributed by atoms with Crippen LogP contribution in [0.2, 0.25) is 0 Å². The zero-order chi connectivity index (χ0) is 15.3. The number of hydrogen-bond acceptors (Lipinski definition) is 4. The van der Waals surface area contributed by atoms with Gasteiger partial charge in [-0.3, -0.25) is 0 Å². The van der Waals surface area contributed by atoms with Crippen molar-refractivity contribution >= 4 is 12.1 Å². The third-order valence-corrected chi connectivity index (χ3v) is 2.87. The van der Waals surface area contributed by atoms with Crippen LogP contribution in [-0.2, 0) is 9.53 Å². The predicted octanol–water partition coefficient (Wildman–Crippen LogP) is 1.62. The van der Waals surface area contributed by atoms with Crippen LogP contribution in [0.3, 0.4) is 0 Å². The van der Waals surface area contributed by atoms with Crippen LogP contribution in [0.1, 0.15) is 33.6 Å². The van der Waals surface area contributed by atoms with E-state index < -0.39 is 23.7 Å². The maximum Gasteiger partial charge on any atom is 0.408 e. The van der Waals surface area contributed by atoms with Gasteiger partial charge in [-0.25, -0.2) is 9.59 Å². The molecule has 0 bridgehead atoms. The van der Waals surface area contributed by atoms with Crippen molar-refractivity contribution in [3.05, 3.63) is 11.6 Å². The molecule has 2 N–H and O–H groups in total. The van der Waals surface area contributed by atoms with E-state index in [2.05, 4.69) is 10.2 Å². The lowest BCUT2D eigenvalue weighted by Crippen LogP contribution is -2.44. The Bertz CT molecular complexity index is 398. The Morgan fingerprint density at radius 3 is 2.65 bits per heavy atom. The van der Waals surface area contributed by atoms with Crippen LogP contribution < -0.4 is 5.32 Å². The molecule has 114 valence electrons. The predicted molar refractivity (Wildman–Crippen MR) is 75.6 cm³/mol. The van der Waals surface area contributed by atoms with Crippen LogP contribution in [0.25, 0.3) is 0 Å². The van der Waals surface area contributed by atoms with E-state index in [9.17, 15) is 14.7 Å². The van der Waals surface area contributed by atoms with Gasteiger partial charge in [0.15, 0.2) is 0 Å². The second-order valence-electron chi connectivity index (χ2n) is 6.13. The second kappa shape index (κ2) is 6.74. The molecule has 1 rings (SSSR count). The Hall–Kier alpha value is -1.56. The molecule has 0 aromatic rings. The average Bonchev–Trinajstić information content (AvgIpc) is 2.25. The summed E-state index contributed by atoms with van der Waals surface area (Å²) in [7, 11) is 1.99. The molecule has 1 aliphatic heterocycles. The highest BCUT2D eigenvalue weighted by Crippen LogP contribution is 2.14. The molecule has 0 spiro atoms. The number of carbonyl (C=O) groups is 2. The quantitative estimate of drug-likeness (QED) is 0.767. The number of alkyl carbamates (subject to hydrolysis) is 1. The fraction of sp³-hybridized carbons (Fsp3) is 0.714. The van der Waals surface area contributed by atoms with Crippen molar-refractivity contribution < 1.29 is 19.4 Å². The zero-order valence-corrected chi connectivity index (χ0v) is 12.6. The number of nitrogens with zero attached hydrogens (tertiary/aromatic N) is 1. The maximum atomic E-state index is 11.7. The van der Waals surface area contributed by atoms with Gasteiger partial charge >= 0.3 is 12.1 Å². The second-order valence-corrected chi connectivity index (χ2v) is 6.13. The van der Waals surface area contributed by atoms with Crippen LogP contribution >= 0.6 is 0 Å². The van der Waals surface area contributed by atoms with E-state index in [1.165, 1.54) is 0 Å². The average molecular weight is 284 g/mol. The van der Waals surface area contributed by atoms with E-state index in [1.54, 1.807) is 20.8 Å². The first-order chi connectivity index (χ1) is 9.17. The molecule has 0 fully saturated rings. The van der Waals surface area contributed by atoms with Gasteiger partial charge in [0.05, 0.1) is 0 Å². The minimum absolute atomic E-state index is 0.304. The first-order valence-electron chi connectivity index (χ1n) is 6.76. The van der Waals surface area contributed by atoms with E-state index in [1.807, 2.05) is 13.1 Å². The van der Waals surface area contributed by atoms with Crippen molar-refractivity contribution in [3.63, 3.8) is 0 Å². The maximum absolute atomic E-state index is 11.7. The van der Waals surface area contributed by atoms with Gasteiger partial charge in [0, 0.05) is 19.5 Å². The van der Waals surface area contributed by atoms with Crippen LogP contribution in [0.15, 0.2) is 11.6 Å². The molecule has 0 aromatic carbocycles. The number of hydrogen-bond donors (Lipinski definition) is 2. The SMILES string of the molecule is CN1CCC=C(CC(NC(=O)OC(C)(C)C)C(=O)O)C1. The first kappa shape index (κ1) is 16.5. The van der Waals surface area contributed by atoms with E-state index >= 15 is 0 Å². The molecule has 0 aliphatic carbocycles. The molecule has 1 atom stereocenters. The summed E-state index contributed by atoms with van der Waals surface area (Å²) >= 11 is 0. The Balaban J connectivity index is 2.59. The summed E-state index contributed by atoms with van der Waals surface area (Å²) < 4.78 is 5.09. The van der Waals surface area contributed by atoms with Crippen LogP contribution in [0.5, 0.6) is 0 Å². The molecule has 0 saturated carbocycles. The van der Waals surface area contributed by atoms with Gasteiger partial charge in [-0.1, -0.05) is 11.6 Å². The molecular weight excluding hydrogens is 260 g/mol. The number of aliphatic carboxylic acids is 1. The molecule has 6 heteroatoms.